The fourth-order valence-electron chi connectivity index (χ4n) is 3.73. The van der Waals surface area contributed by atoms with Crippen LogP contribution in [0.25, 0.3) is 0 Å². The molecular formula is C24H30N4O3. The topological polar surface area (TPSA) is 81.8 Å². The summed E-state index contributed by atoms with van der Waals surface area (Å²) >= 11 is 0. The smallest absolute Gasteiger partial charge is 0.253 e. The molecule has 2 N–H and O–H groups in total. The molecule has 0 aromatic heterocycles. The second kappa shape index (κ2) is 10.7. The normalized spacial score (nSPS) is 15.6. The molecule has 7 nitrogen and oxygen atoms in total. The van der Waals surface area contributed by atoms with Crippen LogP contribution in [0.15, 0.2) is 54.6 Å². The molecule has 164 valence electrons. The van der Waals surface area contributed by atoms with Gasteiger partial charge in [-0.1, -0.05) is 42.5 Å². The van der Waals surface area contributed by atoms with Gasteiger partial charge in [-0.2, -0.15) is 0 Å². The molecular weight excluding hydrogens is 392 g/mol. The number of rotatable bonds is 6. The molecule has 1 aliphatic rings. The van der Waals surface area contributed by atoms with Crippen LogP contribution < -0.4 is 10.6 Å². The van der Waals surface area contributed by atoms with Gasteiger partial charge in [0.15, 0.2) is 0 Å². The van der Waals surface area contributed by atoms with Crippen molar-refractivity contribution in [3.63, 3.8) is 0 Å². The first kappa shape index (κ1) is 22.5. The first-order chi connectivity index (χ1) is 14.9. The lowest BCUT2D eigenvalue weighted by Gasteiger charge is -2.21. The van der Waals surface area contributed by atoms with Crippen molar-refractivity contribution < 1.29 is 14.4 Å². The van der Waals surface area contributed by atoms with Crippen LogP contribution in [0, 0.1) is 0 Å². The SMILES string of the molecule is CC(=O)N1CCCN(CC(=O)Nc2ccccc2C(=O)N[C@@H](C)c2ccccc2)CC1. The molecule has 0 bridgehead atoms. The van der Waals surface area contributed by atoms with Crippen molar-refractivity contribution in [1.29, 1.82) is 0 Å². The molecule has 7 heteroatoms. The van der Waals surface area contributed by atoms with E-state index in [0.29, 0.717) is 24.3 Å². The summed E-state index contributed by atoms with van der Waals surface area (Å²) in [4.78, 5) is 40.9. The number of hydrogen-bond donors (Lipinski definition) is 2. The quantitative estimate of drug-likeness (QED) is 0.750. The van der Waals surface area contributed by atoms with Gasteiger partial charge in [-0.05, 0) is 31.0 Å². The lowest BCUT2D eigenvalue weighted by atomic mass is 10.1. The van der Waals surface area contributed by atoms with Crippen LogP contribution in [0.3, 0.4) is 0 Å². The highest BCUT2D eigenvalue weighted by Crippen LogP contribution is 2.18. The molecule has 2 aromatic carbocycles. The second-order valence-corrected chi connectivity index (χ2v) is 7.84. The summed E-state index contributed by atoms with van der Waals surface area (Å²) in [6, 6.07) is 16.6. The first-order valence-electron chi connectivity index (χ1n) is 10.7. The van der Waals surface area contributed by atoms with E-state index in [0.717, 1.165) is 25.1 Å². The minimum atomic E-state index is -0.237. The largest absolute Gasteiger partial charge is 0.345 e. The zero-order valence-corrected chi connectivity index (χ0v) is 18.1. The highest BCUT2D eigenvalue weighted by atomic mass is 16.2. The Labute approximate surface area is 183 Å². The molecule has 1 aliphatic heterocycles. The van der Waals surface area contributed by atoms with E-state index in [-0.39, 0.29) is 30.3 Å². The van der Waals surface area contributed by atoms with E-state index in [1.807, 2.05) is 47.1 Å². The second-order valence-electron chi connectivity index (χ2n) is 7.84. The lowest BCUT2D eigenvalue weighted by molar-refractivity contribution is -0.128. The fraction of sp³-hybridized carbons (Fsp3) is 0.375. The third kappa shape index (κ3) is 6.39. The van der Waals surface area contributed by atoms with Gasteiger partial charge < -0.3 is 15.5 Å². The maximum absolute atomic E-state index is 12.9. The van der Waals surface area contributed by atoms with Gasteiger partial charge in [0.2, 0.25) is 11.8 Å². The predicted octanol–water partition coefficient (Wildman–Crippen LogP) is 2.67. The summed E-state index contributed by atoms with van der Waals surface area (Å²) in [5, 5.41) is 5.88. The Bertz CT molecular complexity index is 916. The zero-order valence-electron chi connectivity index (χ0n) is 18.1. The van der Waals surface area contributed by atoms with Gasteiger partial charge in [-0.3, -0.25) is 19.3 Å². The molecule has 0 aliphatic carbocycles. The molecule has 1 saturated heterocycles. The van der Waals surface area contributed by atoms with Gasteiger partial charge in [0.1, 0.15) is 0 Å². The predicted molar refractivity (Wildman–Crippen MR) is 121 cm³/mol. The van der Waals surface area contributed by atoms with Crippen LogP contribution in [0.2, 0.25) is 0 Å². The number of carbonyl (C=O) groups excluding carboxylic acids is 3. The van der Waals surface area contributed by atoms with Crippen molar-refractivity contribution in [2.45, 2.75) is 26.3 Å². The van der Waals surface area contributed by atoms with E-state index >= 15 is 0 Å². The van der Waals surface area contributed by atoms with Gasteiger partial charge >= 0.3 is 0 Å². The summed E-state index contributed by atoms with van der Waals surface area (Å²) in [5.74, 6) is -0.345. The number of benzene rings is 2. The monoisotopic (exact) mass is 422 g/mol. The van der Waals surface area contributed by atoms with Gasteiger partial charge in [0.25, 0.3) is 5.91 Å². The maximum Gasteiger partial charge on any atom is 0.253 e. The average molecular weight is 423 g/mol. The van der Waals surface area contributed by atoms with Crippen LogP contribution in [0.5, 0.6) is 0 Å². The van der Waals surface area contributed by atoms with Gasteiger partial charge in [-0.25, -0.2) is 0 Å². The average Bonchev–Trinajstić information content (AvgIpc) is 3.00. The number of hydrogen-bond acceptors (Lipinski definition) is 4. The van der Waals surface area contributed by atoms with Crippen LogP contribution in [0.4, 0.5) is 5.69 Å². The number of nitrogens with one attached hydrogen (secondary N) is 2. The van der Waals surface area contributed by atoms with Crippen molar-refractivity contribution in [2.24, 2.45) is 0 Å². The molecule has 1 fully saturated rings. The summed E-state index contributed by atoms with van der Waals surface area (Å²) in [6.07, 6.45) is 0.837. The summed E-state index contributed by atoms with van der Waals surface area (Å²) < 4.78 is 0. The van der Waals surface area contributed by atoms with Crippen molar-refractivity contribution in [1.82, 2.24) is 15.1 Å². The van der Waals surface area contributed by atoms with E-state index in [4.69, 9.17) is 0 Å². The van der Waals surface area contributed by atoms with Crippen molar-refractivity contribution in [3.8, 4) is 0 Å². The summed E-state index contributed by atoms with van der Waals surface area (Å²) in [6.45, 7) is 6.48. The van der Waals surface area contributed by atoms with E-state index in [1.165, 1.54) is 0 Å². The van der Waals surface area contributed by atoms with E-state index in [1.54, 1.807) is 31.2 Å². The molecule has 0 radical (unpaired) electrons. The molecule has 0 spiro atoms. The van der Waals surface area contributed by atoms with E-state index in [2.05, 4.69) is 10.6 Å². The van der Waals surface area contributed by atoms with Crippen LogP contribution in [0.1, 0.15) is 42.2 Å². The maximum atomic E-state index is 12.9. The molecule has 0 saturated carbocycles. The van der Waals surface area contributed by atoms with Gasteiger partial charge in [-0.15, -0.1) is 0 Å². The minimum Gasteiger partial charge on any atom is -0.345 e. The number of carbonyl (C=O) groups is 3. The first-order valence-corrected chi connectivity index (χ1v) is 10.7. The molecule has 31 heavy (non-hydrogen) atoms. The fourth-order valence-corrected chi connectivity index (χ4v) is 3.73. The van der Waals surface area contributed by atoms with Gasteiger partial charge in [0.05, 0.1) is 23.8 Å². The zero-order chi connectivity index (χ0) is 22.2. The Morgan fingerprint density at radius 2 is 1.65 bits per heavy atom. The highest BCUT2D eigenvalue weighted by Gasteiger charge is 2.20. The molecule has 2 aromatic rings. The van der Waals surface area contributed by atoms with E-state index < -0.39 is 0 Å². The van der Waals surface area contributed by atoms with Crippen molar-refractivity contribution in [2.75, 3.05) is 38.0 Å². The van der Waals surface area contributed by atoms with Crippen molar-refractivity contribution in [3.05, 3.63) is 65.7 Å². The third-order valence-electron chi connectivity index (χ3n) is 5.49. The highest BCUT2D eigenvalue weighted by molar-refractivity contribution is 6.04. The Morgan fingerprint density at radius 1 is 0.935 bits per heavy atom. The van der Waals surface area contributed by atoms with E-state index in [9.17, 15) is 14.4 Å². The third-order valence-corrected chi connectivity index (χ3v) is 5.49. The molecule has 3 rings (SSSR count). The molecule has 1 heterocycles. The number of para-hydroxylation sites is 1. The Balaban J connectivity index is 1.60. The number of anilines is 1. The van der Waals surface area contributed by atoms with Gasteiger partial charge in [0, 0.05) is 33.1 Å². The Kier molecular flexibility index (Phi) is 7.78. The Hall–Kier alpha value is -3.19. The summed E-state index contributed by atoms with van der Waals surface area (Å²) in [5.41, 5.74) is 1.93. The number of nitrogens with zero attached hydrogens (tertiary/aromatic N) is 2. The van der Waals surface area contributed by atoms with Crippen LogP contribution in [-0.2, 0) is 9.59 Å². The molecule has 3 amide bonds. The van der Waals surface area contributed by atoms with Crippen LogP contribution in [-0.4, -0.2) is 60.2 Å². The van der Waals surface area contributed by atoms with Crippen molar-refractivity contribution >= 4 is 23.4 Å². The minimum absolute atomic E-state index is 0.0657. The molecule has 0 unspecified atom stereocenters. The van der Waals surface area contributed by atoms with Crippen LogP contribution >= 0.6 is 0 Å². The molecule has 1 atom stereocenters. The Morgan fingerprint density at radius 3 is 2.39 bits per heavy atom. The summed E-state index contributed by atoms with van der Waals surface area (Å²) in [7, 11) is 0. The lowest BCUT2D eigenvalue weighted by Crippen LogP contribution is -2.37. The standard InChI is InChI=1S/C24H30N4O3/c1-18(20-9-4-3-5-10-20)25-24(31)21-11-6-7-12-22(21)26-23(30)17-27-13-8-14-28(16-15-27)19(2)29/h3-7,9-12,18H,8,13-17H2,1-2H3,(H,25,31)(H,26,30)/t18-/m0/s1. The number of amides is 3.